The lowest BCUT2D eigenvalue weighted by molar-refractivity contribution is -0.276. The van der Waals surface area contributed by atoms with Crippen molar-refractivity contribution in [3.05, 3.63) is 82.9 Å². The average Bonchev–Trinajstić information content (AvgIpc) is 2.76. The van der Waals surface area contributed by atoms with Gasteiger partial charge in [-0.3, -0.25) is 0 Å². The minimum atomic E-state index is -5.29. The number of aryl methyl sites for hydroxylation is 1. The lowest BCUT2D eigenvalue weighted by atomic mass is 10.1. The molecule has 0 spiro atoms. The minimum Gasteiger partial charge on any atom is -0.420 e. The first-order chi connectivity index (χ1) is 15.6. The summed E-state index contributed by atoms with van der Waals surface area (Å²) >= 11 is 0. The molecule has 0 saturated heterocycles. The molecular weight excluding hydrogens is 447 g/mol. The Kier molecular flexibility index (Phi) is 7.37. The first kappa shape index (κ1) is 23.8. The third kappa shape index (κ3) is 6.83. The van der Waals surface area contributed by atoms with E-state index < -0.39 is 41.3 Å². The van der Waals surface area contributed by atoms with Gasteiger partial charge in [0.2, 0.25) is 11.6 Å². The topological polar surface area (TPSA) is 61.3 Å². The standard InChI is InChI=1S/C23H17F5N2O3/c1-2-3-14-4-6-15(7-5-14)8-9-16-12-29-21(30-13-16)22(31)32-17-10-18(24)20(19(25)11-17)33-23(26,27)28/h4-13H,2-3H2,1H3. The van der Waals surface area contributed by atoms with E-state index in [0.29, 0.717) is 17.7 Å². The Bertz CT molecular complexity index is 1120. The number of ether oxygens (including phenoxy) is 2. The highest BCUT2D eigenvalue weighted by molar-refractivity contribution is 5.87. The zero-order chi connectivity index (χ0) is 24.0. The Hall–Kier alpha value is -3.82. The van der Waals surface area contributed by atoms with Crippen LogP contribution in [0.5, 0.6) is 11.5 Å². The van der Waals surface area contributed by atoms with Gasteiger partial charge in [-0.25, -0.2) is 23.5 Å². The van der Waals surface area contributed by atoms with Gasteiger partial charge < -0.3 is 9.47 Å². The summed E-state index contributed by atoms with van der Waals surface area (Å²) in [6.07, 6.45) is 3.02. The molecule has 3 aromatic rings. The van der Waals surface area contributed by atoms with Crippen molar-refractivity contribution in [1.82, 2.24) is 9.97 Å². The number of alkyl halides is 3. The summed E-state index contributed by atoms with van der Waals surface area (Å²) < 4.78 is 72.1. The monoisotopic (exact) mass is 464 g/mol. The second kappa shape index (κ2) is 10.2. The number of esters is 1. The van der Waals surface area contributed by atoms with Crippen molar-refractivity contribution in [2.75, 3.05) is 0 Å². The predicted octanol–water partition coefficient (Wildman–Crippen LogP) is 6.00. The van der Waals surface area contributed by atoms with Crippen molar-refractivity contribution in [3.63, 3.8) is 0 Å². The van der Waals surface area contributed by atoms with E-state index in [1.807, 2.05) is 30.3 Å². The largest absolute Gasteiger partial charge is 0.573 e. The summed E-state index contributed by atoms with van der Waals surface area (Å²) in [7, 11) is 0. The zero-order valence-electron chi connectivity index (χ0n) is 17.2. The molecule has 0 radical (unpaired) electrons. The molecule has 0 aliphatic carbocycles. The Morgan fingerprint density at radius 1 is 0.970 bits per heavy atom. The van der Waals surface area contributed by atoms with Crippen LogP contribution in [-0.4, -0.2) is 22.3 Å². The average molecular weight is 464 g/mol. The van der Waals surface area contributed by atoms with E-state index in [-0.39, 0.29) is 0 Å². The van der Waals surface area contributed by atoms with Gasteiger partial charge in [0.05, 0.1) is 0 Å². The Labute approximate surface area is 185 Å². The molecule has 1 aromatic heterocycles. The number of rotatable bonds is 7. The number of carbonyl (C=O) groups is 1. The van der Waals surface area contributed by atoms with E-state index in [2.05, 4.69) is 21.6 Å². The highest BCUT2D eigenvalue weighted by Crippen LogP contribution is 2.31. The maximum absolute atomic E-state index is 13.7. The fraction of sp³-hybridized carbons (Fsp3) is 0.174. The fourth-order valence-electron chi connectivity index (χ4n) is 2.77. The van der Waals surface area contributed by atoms with Gasteiger partial charge in [0.15, 0.2) is 11.6 Å². The Morgan fingerprint density at radius 3 is 2.09 bits per heavy atom. The number of benzene rings is 2. The zero-order valence-corrected chi connectivity index (χ0v) is 17.2. The molecule has 0 fully saturated rings. The smallest absolute Gasteiger partial charge is 0.420 e. The summed E-state index contributed by atoms with van der Waals surface area (Å²) in [6, 6.07) is 8.77. The molecule has 172 valence electrons. The highest BCUT2D eigenvalue weighted by Gasteiger charge is 2.34. The lowest BCUT2D eigenvalue weighted by Crippen LogP contribution is -2.19. The highest BCUT2D eigenvalue weighted by atomic mass is 19.4. The molecule has 0 saturated carbocycles. The predicted molar refractivity (Wildman–Crippen MR) is 109 cm³/mol. The second-order valence-corrected chi connectivity index (χ2v) is 6.82. The van der Waals surface area contributed by atoms with Crippen LogP contribution in [0.15, 0.2) is 48.8 Å². The molecule has 0 unspecified atom stereocenters. The summed E-state index contributed by atoms with van der Waals surface area (Å²) in [4.78, 5) is 19.8. The first-order valence-electron chi connectivity index (χ1n) is 9.70. The van der Waals surface area contributed by atoms with Gasteiger partial charge in [-0.05, 0) is 17.5 Å². The van der Waals surface area contributed by atoms with E-state index in [9.17, 15) is 26.7 Å². The molecule has 0 aliphatic rings. The van der Waals surface area contributed by atoms with Gasteiger partial charge in [-0.15, -0.1) is 13.2 Å². The minimum absolute atomic E-state index is 0.380. The van der Waals surface area contributed by atoms with Gasteiger partial charge in [-0.2, -0.15) is 0 Å². The molecule has 0 N–H and O–H groups in total. The maximum Gasteiger partial charge on any atom is 0.573 e. The number of aromatic nitrogens is 2. The van der Waals surface area contributed by atoms with E-state index in [1.54, 1.807) is 6.08 Å². The molecule has 0 amide bonds. The third-order valence-corrected chi connectivity index (χ3v) is 4.24. The molecule has 10 heteroatoms. The van der Waals surface area contributed by atoms with Gasteiger partial charge >= 0.3 is 12.3 Å². The summed E-state index contributed by atoms with van der Waals surface area (Å²) in [5.74, 6) is -7.29. The van der Waals surface area contributed by atoms with Crippen molar-refractivity contribution >= 4 is 18.1 Å². The number of hydrogen-bond acceptors (Lipinski definition) is 5. The van der Waals surface area contributed by atoms with Crippen LogP contribution in [-0.2, 0) is 6.42 Å². The van der Waals surface area contributed by atoms with E-state index in [1.165, 1.54) is 18.0 Å². The third-order valence-electron chi connectivity index (χ3n) is 4.24. The number of nitrogens with zero attached hydrogens (tertiary/aromatic N) is 2. The van der Waals surface area contributed by atoms with Crippen LogP contribution in [0.4, 0.5) is 22.0 Å². The summed E-state index contributed by atoms with van der Waals surface area (Å²) in [5, 5.41) is 0. The number of halogens is 5. The molecule has 1 heterocycles. The van der Waals surface area contributed by atoms with Gasteiger partial charge in [0.1, 0.15) is 5.75 Å². The van der Waals surface area contributed by atoms with Crippen LogP contribution in [0.3, 0.4) is 0 Å². The van der Waals surface area contributed by atoms with Crippen LogP contribution in [0.25, 0.3) is 12.2 Å². The summed E-state index contributed by atoms with van der Waals surface area (Å²) in [5.41, 5.74) is 2.78. The molecule has 0 bridgehead atoms. The van der Waals surface area contributed by atoms with Crippen LogP contribution in [0, 0.1) is 11.6 Å². The molecule has 0 aliphatic heterocycles. The van der Waals surface area contributed by atoms with Gasteiger partial charge in [0, 0.05) is 30.1 Å². The van der Waals surface area contributed by atoms with Crippen molar-refractivity contribution in [2.45, 2.75) is 26.1 Å². The molecule has 33 heavy (non-hydrogen) atoms. The van der Waals surface area contributed by atoms with Crippen molar-refractivity contribution < 1.29 is 36.2 Å². The first-order valence-corrected chi connectivity index (χ1v) is 9.70. The number of hydrogen-bond donors (Lipinski definition) is 0. The summed E-state index contributed by atoms with van der Waals surface area (Å²) in [6.45, 7) is 2.10. The van der Waals surface area contributed by atoms with Crippen molar-refractivity contribution in [3.8, 4) is 11.5 Å². The SMILES string of the molecule is CCCc1ccc(C=Cc2cnc(C(=O)Oc3cc(F)c(OC(F)(F)F)c(F)c3)nc2)cc1. The molecule has 0 atom stereocenters. The van der Waals surface area contributed by atoms with Crippen LogP contribution in [0.2, 0.25) is 0 Å². The molecule has 2 aromatic carbocycles. The Morgan fingerprint density at radius 2 is 1.55 bits per heavy atom. The van der Waals surface area contributed by atoms with Crippen LogP contribution >= 0.6 is 0 Å². The number of carbonyl (C=O) groups excluding carboxylic acids is 1. The lowest BCUT2D eigenvalue weighted by Gasteiger charge is -2.11. The second-order valence-electron chi connectivity index (χ2n) is 6.82. The molecule has 5 nitrogen and oxygen atoms in total. The van der Waals surface area contributed by atoms with Crippen LogP contribution in [0.1, 0.15) is 40.7 Å². The maximum atomic E-state index is 13.7. The van der Waals surface area contributed by atoms with E-state index in [0.717, 1.165) is 18.4 Å². The van der Waals surface area contributed by atoms with Crippen molar-refractivity contribution in [1.29, 1.82) is 0 Å². The van der Waals surface area contributed by atoms with Crippen molar-refractivity contribution in [2.24, 2.45) is 0 Å². The van der Waals surface area contributed by atoms with Gasteiger partial charge in [-0.1, -0.05) is 49.8 Å². The molecule has 3 rings (SSSR count). The van der Waals surface area contributed by atoms with Gasteiger partial charge in [0.25, 0.3) is 0 Å². The quantitative estimate of drug-likeness (QED) is 0.244. The Balaban J connectivity index is 1.65. The fourth-order valence-corrected chi connectivity index (χ4v) is 2.77. The van der Waals surface area contributed by atoms with Crippen LogP contribution < -0.4 is 9.47 Å². The normalized spacial score (nSPS) is 11.6. The van der Waals surface area contributed by atoms with E-state index in [4.69, 9.17) is 4.74 Å². The molecular formula is C23H17F5N2O3. The van der Waals surface area contributed by atoms with E-state index >= 15 is 0 Å².